The predicted molar refractivity (Wildman–Crippen MR) is 68.8 cm³/mol. The van der Waals surface area contributed by atoms with Crippen molar-refractivity contribution in [3.63, 3.8) is 0 Å². The highest BCUT2D eigenvalue weighted by atomic mass is 32.1. The molecule has 0 aromatic carbocycles. The first-order valence-electron chi connectivity index (χ1n) is 5.56. The molecule has 6 nitrogen and oxygen atoms in total. The van der Waals surface area contributed by atoms with Crippen LogP contribution in [-0.2, 0) is 16.0 Å². The second kappa shape index (κ2) is 5.66. The molecule has 0 spiro atoms. The number of carboxylic acids is 1. The average molecular weight is 280 g/mol. The number of hydrogen-bond donors (Lipinski definition) is 2. The number of carbonyl (C=O) groups is 2. The molecule has 2 aromatic heterocycles. The van der Waals surface area contributed by atoms with E-state index in [1.807, 2.05) is 17.5 Å². The van der Waals surface area contributed by atoms with Crippen LogP contribution in [0.2, 0.25) is 0 Å². The smallest absolute Gasteiger partial charge is 0.325 e. The van der Waals surface area contributed by atoms with Gasteiger partial charge in [0.2, 0.25) is 11.8 Å². The third kappa shape index (κ3) is 3.41. The lowest BCUT2D eigenvalue weighted by Crippen LogP contribution is -2.39. The highest BCUT2D eigenvalue weighted by molar-refractivity contribution is 7.13. The number of rotatable bonds is 5. The Labute approximate surface area is 113 Å². The molecule has 0 unspecified atom stereocenters. The summed E-state index contributed by atoms with van der Waals surface area (Å²) in [6.45, 7) is 1.40. The lowest BCUT2D eigenvalue weighted by molar-refractivity contribution is -0.141. The number of carboxylic acid groups (broad SMARTS) is 1. The molecule has 0 radical (unpaired) electrons. The summed E-state index contributed by atoms with van der Waals surface area (Å²) in [6, 6.07) is 2.83. The van der Waals surface area contributed by atoms with Gasteiger partial charge in [0.15, 0.2) is 0 Å². The Morgan fingerprint density at radius 2 is 2.37 bits per heavy atom. The summed E-state index contributed by atoms with van der Waals surface area (Å²) in [5, 5.41) is 12.9. The lowest BCUT2D eigenvalue weighted by atomic mass is 10.3. The van der Waals surface area contributed by atoms with Crippen LogP contribution in [0.5, 0.6) is 0 Å². The second-order valence-corrected chi connectivity index (χ2v) is 4.87. The Morgan fingerprint density at radius 3 is 3.00 bits per heavy atom. The zero-order valence-corrected chi connectivity index (χ0v) is 10.9. The van der Waals surface area contributed by atoms with Crippen LogP contribution in [0.4, 0.5) is 0 Å². The topological polar surface area (TPSA) is 92.4 Å². The molecule has 0 aliphatic heterocycles. The van der Waals surface area contributed by atoms with Crippen molar-refractivity contribution in [1.82, 2.24) is 10.3 Å². The predicted octanol–water partition coefficient (Wildman–Crippen LogP) is 1.53. The van der Waals surface area contributed by atoms with Crippen LogP contribution in [0.3, 0.4) is 0 Å². The van der Waals surface area contributed by atoms with Gasteiger partial charge < -0.3 is 14.8 Å². The quantitative estimate of drug-likeness (QED) is 0.866. The standard InChI is InChI=1S/C12H12N2O4S/c1-7(12(16)17)13-10(15)5-8-6-18-11(14-8)9-3-2-4-19-9/h2-4,6-7H,5H2,1H3,(H,13,15)(H,16,17)/t7-/m1/s1. The van der Waals surface area contributed by atoms with Crippen molar-refractivity contribution in [2.24, 2.45) is 0 Å². The summed E-state index contributed by atoms with van der Waals surface area (Å²) in [5.74, 6) is -1.02. The van der Waals surface area contributed by atoms with Gasteiger partial charge in [0.25, 0.3) is 0 Å². The minimum absolute atomic E-state index is 0.00745. The van der Waals surface area contributed by atoms with Crippen molar-refractivity contribution in [3.05, 3.63) is 29.5 Å². The van der Waals surface area contributed by atoms with Crippen LogP contribution in [0, 0.1) is 0 Å². The van der Waals surface area contributed by atoms with Gasteiger partial charge in [-0.05, 0) is 18.4 Å². The lowest BCUT2D eigenvalue weighted by Gasteiger charge is -2.07. The normalized spacial score (nSPS) is 12.1. The number of carbonyl (C=O) groups excluding carboxylic acids is 1. The molecule has 1 amide bonds. The number of aliphatic carboxylic acids is 1. The van der Waals surface area contributed by atoms with E-state index < -0.39 is 17.9 Å². The molecule has 19 heavy (non-hydrogen) atoms. The van der Waals surface area contributed by atoms with E-state index in [4.69, 9.17) is 9.52 Å². The van der Waals surface area contributed by atoms with E-state index in [9.17, 15) is 9.59 Å². The van der Waals surface area contributed by atoms with Crippen molar-refractivity contribution in [2.45, 2.75) is 19.4 Å². The van der Waals surface area contributed by atoms with E-state index in [1.54, 1.807) is 0 Å². The molecule has 7 heteroatoms. The van der Waals surface area contributed by atoms with Gasteiger partial charge in [-0.15, -0.1) is 11.3 Å². The summed E-state index contributed by atoms with van der Waals surface area (Å²) in [6.07, 6.45) is 1.40. The number of hydrogen-bond acceptors (Lipinski definition) is 5. The molecule has 2 rings (SSSR count). The number of amides is 1. The van der Waals surface area contributed by atoms with Gasteiger partial charge in [0.1, 0.15) is 12.3 Å². The van der Waals surface area contributed by atoms with Crippen molar-refractivity contribution >= 4 is 23.2 Å². The molecule has 0 bridgehead atoms. The van der Waals surface area contributed by atoms with Gasteiger partial charge in [-0.2, -0.15) is 0 Å². The highest BCUT2D eigenvalue weighted by Gasteiger charge is 2.16. The zero-order chi connectivity index (χ0) is 13.8. The minimum atomic E-state index is -1.08. The van der Waals surface area contributed by atoms with Crippen LogP contribution in [0.15, 0.2) is 28.2 Å². The first kappa shape index (κ1) is 13.3. The van der Waals surface area contributed by atoms with Gasteiger partial charge in [0, 0.05) is 0 Å². The fraction of sp³-hybridized carbons (Fsp3) is 0.250. The third-order valence-electron chi connectivity index (χ3n) is 2.37. The van der Waals surface area contributed by atoms with Gasteiger partial charge in [-0.25, -0.2) is 4.98 Å². The van der Waals surface area contributed by atoms with Crippen LogP contribution in [-0.4, -0.2) is 28.0 Å². The molecule has 1 atom stereocenters. The maximum Gasteiger partial charge on any atom is 0.325 e. The maximum absolute atomic E-state index is 11.6. The van der Waals surface area contributed by atoms with E-state index in [0.717, 1.165) is 4.88 Å². The fourth-order valence-corrected chi connectivity index (χ4v) is 2.08. The first-order chi connectivity index (χ1) is 9.06. The molecule has 0 aliphatic rings. The van der Waals surface area contributed by atoms with Crippen LogP contribution >= 0.6 is 11.3 Å². The summed E-state index contributed by atoms with van der Waals surface area (Å²) in [5.41, 5.74) is 0.471. The molecule has 2 N–H and O–H groups in total. The molecule has 0 saturated carbocycles. The number of nitrogens with zero attached hydrogens (tertiary/aromatic N) is 1. The highest BCUT2D eigenvalue weighted by Crippen LogP contribution is 2.23. The van der Waals surface area contributed by atoms with Crippen molar-refractivity contribution in [3.8, 4) is 10.8 Å². The SMILES string of the molecule is C[C@@H](NC(=O)Cc1coc(-c2cccs2)n1)C(=O)O. The first-order valence-corrected chi connectivity index (χ1v) is 6.44. The van der Waals surface area contributed by atoms with Crippen molar-refractivity contribution < 1.29 is 19.1 Å². The summed E-state index contributed by atoms with van der Waals surface area (Å²) in [7, 11) is 0. The van der Waals surface area contributed by atoms with E-state index in [-0.39, 0.29) is 6.42 Å². The van der Waals surface area contributed by atoms with E-state index in [1.165, 1.54) is 24.5 Å². The molecule has 0 saturated heterocycles. The monoisotopic (exact) mass is 280 g/mol. The minimum Gasteiger partial charge on any atom is -0.480 e. The van der Waals surface area contributed by atoms with Crippen molar-refractivity contribution in [2.75, 3.05) is 0 Å². The zero-order valence-electron chi connectivity index (χ0n) is 10.1. The number of thiophene rings is 1. The van der Waals surface area contributed by atoms with Gasteiger partial charge in [0.05, 0.1) is 17.0 Å². The average Bonchev–Trinajstić information content (AvgIpc) is 2.97. The molecule has 2 heterocycles. The maximum atomic E-state index is 11.6. The van der Waals surface area contributed by atoms with E-state index in [0.29, 0.717) is 11.6 Å². The van der Waals surface area contributed by atoms with Gasteiger partial charge in [-0.3, -0.25) is 9.59 Å². The molecule has 0 aliphatic carbocycles. The Balaban J connectivity index is 1.97. The summed E-state index contributed by atoms with van der Waals surface area (Å²) in [4.78, 5) is 27.2. The van der Waals surface area contributed by atoms with Crippen LogP contribution < -0.4 is 5.32 Å². The van der Waals surface area contributed by atoms with E-state index >= 15 is 0 Å². The third-order valence-corrected chi connectivity index (χ3v) is 3.23. The fourth-order valence-electron chi connectivity index (χ4n) is 1.42. The second-order valence-electron chi connectivity index (χ2n) is 3.93. The van der Waals surface area contributed by atoms with Gasteiger partial charge >= 0.3 is 5.97 Å². The summed E-state index contributed by atoms with van der Waals surface area (Å²) < 4.78 is 5.27. The Kier molecular flexibility index (Phi) is 3.96. The molecular formula is C12H12N2O4S. The molecule has 100 valence electrons. The van der Waals surface area contributed by atoms with E-state index in [2.05, 4.69) is 10.3 Å². The number of oxazole rings is 1. The summed E-state index contributed by atoms with van der Waals surface area (Å²) >= 11 is 1.49. The molecular weight excluding hydrogens is 268 g/mol. The molecule has 0 fully saturated rings. The Bertz CT molecular complexity index is 576. The van der Waals surface area contributed by atoms with Gasteiger partial charge in [-0.1, -0.05) is 6.07 Å². The van der Waals surface area contributed by atoms with Crippen molar-refractivity contribution in [1.29, 1.82) is 0 Å². The molecule has 2 aromatic rings. The number of nitrogens with one attached hydrogen (secondary N) is 1. The van der Waals surface area contributed by atoms with Crippen LogP contribution in [0.1, 0.15) is 12.6 Å². The Hall–Kier alpha value is -2.15. The largest absolute Gasteiger partial charge is 0.480 e. The van der Waals surface area contributed by atoms with Crippen LogP contribution in [0.25, 0.3) is 10.8 Å². The number of aromatic nitrogens is 1. The Morgan fingerprint density at radius 1 is 1.58 bits per heavy atom.